The lowest BCUT2D eigenvalue weighted by Crippen LogP contribution is -2.39. The summed E-state index contributed by atoms with van der Waals surface area (Å²) in [4.78, 5) is 12.4. The standard InChI is InChI=1S/C21H27FN2O4S2/c1-4-20(28-18-11-9-17(10-12-18)24(2)30(3,26)27)21(25)23-13-14-29-15-16-7-5-6-8-19(16)22/h5-12,20H,4,13-15H2,1-3H3,(H,23,25). The third kappa shape index (κ3) is 7.21. The minimum absolute atomic E-state index is 0.220. The Hall–Kier alpha value is -2.26. The first-order chi connectivity index (χ1) is 14.2. The molecule has 164 valence electrons. The van der Waals surface area contributed by atoms with E-state index in [1.807, 2.05) is 6.92 Å². The van der Waals surface area contributed by atoms with Crippen LogP contribution in [0.4, 0.5) is 10.1 Å². The summed E-state index contributed by atoms with van der Waals surface area (Å²) in [5.41, 5.74) is 1.16. The second-order valence-corrected chi connectivity index (χ2v) is 9.79. The Morgan fingerprint density at radius 3 is 2.47 bits per heavy atom. The van der Waals surface area contributed by atoms with Crippen LogP contribution in [-0.2, 0) is 20.6 Å². The van der Waals surface area contributed by atoms with Crippen LogP contribution in [0, 0.1) is 5.82 Å². The molecular weight excluding hydrogens is 427 g/mol. The molecule has 0 radical (unpaired) electrons. The van der Waals surface area contributed by atoms with Gasteiger partial charge in [-0.2, -0.15) is 11.8 Å². The molecule has 0 aliphatic heterocycles. The van der Waals surface area contributed by atoms with Gasteiger partial charge in [0.2, 0.25) is 10.0 Å². The van der Waals surface area contributed by atoms with Gasteiger partial charge in [0.15, 0.2) is 6.10 Å². The highest BCUT2D eigenvalue weighted by molar-refractivity contribution is 7.98. The SMILES string of the molecule is CCC(Oc1ccc(N(C)S(C)(=O)=O)cc1)C(=O)NCCSCc1ccccc1F. The molecule has 2 aromatic rings. The van der Waals surface area contributed by atoms with Gasteiger partial charge in [-0.1, -0.05) is 25.1 Å². The first-order valence-corrected chi connectivity index (χ1v) is 12.5. The molecule has 0 saturated heterocycles. The van der Waals surface area contributed by atoms with Crippen molar-refractivity contribution in [1.82, 2.24) is 5.32 Å². The van der Waals surface area contributed by atoms with E-state index in [0.717, 1.165) is 6.26 Å². The quantitative estimate of drug-likeness (QED) is 0.527. The average molecular weight is 455 g/mol. The van der Waals surface area contributed by atoms with Crippen molar-refractivity contribution in [1.29, 1.82) is 0 Å². The molecule has 1 unspecified atom stereocenters. The second-order valence-electron chi connectivity index (χ2n) is 6.67. The number of rotatable bonds is 11. The molecule has 1 N–H and O–H groups in total. The van der Waals surface area contributed by atoms with E-state index < -0.39 is 16.1 Å². The molecule has 0 saturated carbocycles. The number of ether oxygens (including phenoxy) is 1. The van der Waals surface area contributed by atoms with Crippen LogP contribution in [0.5, 0.6) is 5.75 Å². The van der Waals surface area contributed by atoms with Gasteiger partial charge in [-0.05, 0) is 42.3 Å². The lowest BCUT2D eigenvalue weighted by molar-refractivity contribution is -0.127. The number of anilines is 1. The monoisotopic (exact) mass is 454 g/mol. The molecule has 2 rings (SSSR count). The van der Waals surface area contributed by atoms with Gasteiger partial charge in [0.1, 0.15) is 11.6 Å². The van der Waals surface area contributed by atoms with Crippen molar-refractivity contribution in [2.45, 2.75) is 25.2 Å². The summed E-state index contributed by atoms with van der Waals surface area (Å²) in [5, 5.41) is 2.84. The maximum atomic E-state index is 13.6. The summed E-state index contributed by atoms with van der Waals surface area (Å²) < 4.78 is 43.7. The molecule has 2 aromatic carbocycles. The lowest BCUT2D eigenvalue weighted by Gasteiger charge is -2.19. The van der Waals surface area contributed by atoms with E-state index in [9.17, 15) is 17.6 Å². The van der Waals surface area contributed by atoms with Crippen molar-refractivity contribution in [2.75, 3.05) is 29.9 Å². The van der Waals surface area contributed by atoms with Gasteiger partial charge >= 0.3 is 0 Å². The number of nitrogens with one attached hydrogen (secondary N) is 1. The number of hydrogen-bond acceptors (Lipinski definition) is 5. The molecule has 6 nitrogen and oxygen atoms in total. The minimum Gasteiger partial charge on any atom is -0.481 e. The molecule has 30 heavy (non-hydrogen) atoms. The van der Waals surface area contributed by atoms with Crippen molar-refractivity contribution in [2.24, 2.45) is 0 Å². The Labute approximate surface area is 181 Å². The summed E-state index contributed by atoms with van der Waals surface area (Å²) in [6.07, 6.45) is 0.961. The van der Waals surface area contributed by atoms with Crippen LogP contribution in [-0.4, -0.2) is 46.0 Å². The fourth-order valence-electron chi connectivity index (χ4n) is 2.57. The van der Waals surface area contributed by atoms with Crippen molar-refractivity contribution >= 4 is 33.4 Å². The van der Waals surface area contributed by atoms with Crippen LogP contribution >= 0.6 is 11.8 Å². The van der Waals surface area contributed by atoms with Gasteiger partial charge in [-0.25, -0.2) is 12.8 Å². The Kier molecular flexibility index (Phi) is 8.98. The second kappa shape index (κ2) is 11.2. The molecule has 0 heterocycles. The van der Waals surface area contributed by atoms with E-state index in [-0.39, 0.29) is 11.7 Å². The Bertz CT molecular complexity index is 936. The topological polar surface area (TPSA) is 75.7 Å². The predicted octanol–water partition coefficient (Wildman–Crippen LogP) is 3.43. The molecule has 1 atom stereocenters. The number of thioether (sulfide) groups is 1. The normalized spacial score (nSPS) is 12.3. The number of carbonyl (C=O) groups excluding carboxylic acids is 1. The zero-order valence-corrected chi connectivity index (χ0v) is 18.9. The number of nitrogens with zero attached hydrogens (tertiary/aromatic N) is 1. The molecule has 0 spiro atoms. The zero-order chi connectivity index (χ0) is 22.1. The smallest absolute Gasteiger partial charge is 0.261 e. The number of carbonyl (C=O) groups is 1. The molecule has 9 heteroatoms. The van der Waals surface area contributed by atoms with E-state index in [1.165, 1.54) is 17.4 Å². The Morgan fingerprint density at radius 2 is 1.87 bits per heavy atom. The highest BCUT2D eigenvalue weighted by atomic mass is 32.2. The summed E-state index contributed by atoms with van der Waals surface area (Å²) in [6.45, 7) is 2.30. The van der Waals surface area contributed by atoms with E-state index >= 15 is 0 Å². The molecular formula is C21H27FN2O4S2. The van der Waals surface area contributed by atoms with Gasteiger partial charge in [-0.15, -0.1) is 0 Å². The number of sulfonamides is 1. The van der Waals surface area contributed by atoms with Gasteiger partial charge in [0, 0.05) is 25.1 Å². The van der Waals surface area contributed by atoms with Gasteiger partial charge in [0.05, 0.1) is 11.9 Å². The number of amides is 1. The highest BCUT2D eigenvalue weighted by Gasteiger charge is 2.18. The van der Waals surface area contributed by atoms with Crippen molar-refractivity contribution in [3.63, 3.8) is 0 Å². The van der Waals surface area contributed by atoms with Crippen LogP contribution in [0.2, 0.25) is 0 Å². The van der Waals surface area contributed by atoms with E-state index in [1.54, 1.807) is 54.2 Å². The first kappa shape index (κ1) is 24.0. The molecule has 1 amide bonds. The summed E-state index contributed by atoms with van der Waals surface area (Å²) in [7, 11) is -1.87. The van der Waals surface area contributed by atoms with Gasteiger partial charge in [-0.3, -0.25) is 9.10 Å². The van der Waals surface area contributed by atoms with Gasteiger partial charge in [0.25, 0.3) is 5.91 Å². The molecule has 0 aliphatic rings. The molecule has 0 aromatic heterocycles. The Morgan fingerprint density at radius 1 is 1.20 bits per heavy atom. The third-order valence-corrected chi connectivity index (χ3v) is 6.61. The molecule has 0 aliphatic carbocycles. The van der Waals surface area contributed by atoms with Crippen molar-refractivity contribution < 1.29 is 22.3 Å². The van der Waals surface area contributed by atoms with Gasteiger partial charge < -0.3 is 10.1 Å². The van der Waals surface area contributed by atoms with Crippen LogP contribution in [0.1, 0.15) is 18.9 Å². The lowest BCUT2D eigenvalue weighted by atomic mass is 10.2. The third-order valence-electron chi connectivity index (χ3n) is 4.40. The average Bonchev–Trinajstić information content (AvgIpc) is 2.72. The largest absolute Gasteiger partial charge is 0.481 e. The van der Waals surface area contributed by atoms with Crippen molar-refractivity contribution in [3.8, 4) is 5.75 Å². The first-order valence-electron chi connectivity index (χ1n) is 9.52. The zero-order valence-electron chi connectivity index (χ0n) is 17.3. The predicted molar refractivity (Wildman–Crippen MR) is 120 cm³/mol. The Balaban J connectivity index is 1.79. The fourth-order valence-corrected chi connectivity index (χ4v) is 3.92. The van der Waals surface area contributed by atoms with Crippen LogP contribution < -0.4 is 14.4 Å². The summed E-state index contributed by atoms with van der Waals surface area (Å²) in [5.74, 6) is 1.24. The van der Waals surface area contributed by atoms with E-state index in [0.29, 0.717) is 41.5 Å². The summed E-state index contributed by atoms with van der Waals surface area (Å²) >= 11 is 1.54. The van der Waals surface area contributed by atoms with E-state index in [2.05, 4.69) is 5.32 Å². The maximum absolute atomic E-state index is 13.6. The van der Waals surface area contributed by atoms with Crippen LogP contribution in [0.15, 0.2) is 48.5 Å². The van der Waals surface area contributed by atoms with Crippen LogP contribution in [0.3, 0.4) is 0 Å². The number of hydrogen-bond donors (Lipinski definition) is 1. The fraction of sp³-hybridized carbons (Fsp3) is 0.381. The van der Waals surface area contributed by atoms with E-state index in [4.69, 9.17) is 4.74 Å². The molecule has 0 fully saturated rings. The summed E-state index contributed by atoms with van der Waals surface area (Å²) in [6, 6.07) is 13.2. The number of halogens is 1. The highest BCUT2D eigenvalue weighted by Crippen LogP contribution is 2.21. The maximum Gasteiger partial charge on any atom is 0.261 e. The number of benzene rings is 2. The van der Waals surface area contributed by atoms with Crippen LogP contribution in [0.25, 0.3) is 0 Å². The van der Waals surface area contributed by atoms with Crippen molar-refractivity contribution in [3.05, 3.63) is 59.9 Å². The minimum atomic E-state index is -3.34. The molecule has 0 bridgehead atoms.